The van der Waals surface area contributed by atoms with Gasteiger partial charge in [0, 0.05) is 12.0 Å². The zero-order valence-corrected chi connectivity index (χ0v) is 16.0. The maximum Gasteiger partial charge on any atom is 0.305 e. The van der Waals surface area contributed by atoms with E-state index in [0.717, 1.165) is 25.0 Å². The summed E-state index contributed by atoms with van der Waals surface area (Å²) in [4.78, 5) is 11.3. The van der Waals surface area contributed by atoms with Gasteiger partial charge in [0.05, 0.1) is 6.61 Å². The molecule has 0 spiro atoms. The van der Waals surface area contributed by atoms with Crippen molar-refractivity contribution in [1.82, 2.24) is 0 Å². The lowest BCUT2D eigenvalue weighted by Crippen LogP contribution is -2.31. The van der Waals surface area contributed by atoms with Gasteiger partial charge in [0.15, 0.2) is 0 Å². The van der Waals surface area contributed by atoms with Crippen molar-refractivity contribution in [1.29, 1.82) is 0 Å². The Labute approximate surface area is 152 Å². The van der Waals surface area contributed by atoms with Crippen molar-refractivity contribution in [2.75, 3.05) is 6.61 Å². The van der Waals surface area contributed by atoms with Crippen LogP contribution in [0.15, 0.2) is 24.3 Å². The predicted molar refractivity (Wildman–Crippen MR) is 103 cm³/mol. The van der Waals surface area contributed by atoms with E-state index in [2.05, 4.69) is 44.2 Å². The molecule has 1 unspecified atom stereocenters. The monoisotopic (exact) mass is 344 g/mol. The summed E-state index contributed by atoms with van der Waals surface area (Å²) < 4.78 is 11.2. The predicted octanol–water partition coefficient (Wildman–Crippen LogP) is 5.84. The molecule has 1 aliphatic rings. The smallest absolute Gasteiger partial charge is 0.305 e. The second-order valence-corrected chi connectivity index (χ2v) is 7.22. The summed E-state index contributed by atoms with van der Waals surface area (Å²) in [6.07, 6.45) is 12.8. The van der Waals surface area contributed by atoms with Gasteiger partial charge in [-0.05, 0) is 58.2 Å². The topological polar surface area (TPSA) is 35.5 Å². The van der Waals surface area contributed by atoms with Crippen LogP contribution in [-0.4, -0.2) is 18.2 Å². The molecular formula is C22H32O3. The lowest BCUT2D eigenvalue weighted by Gasteiger charge is -2.32. The third kappa shape index (κ3) is 6.56. The number of hydrogen-bond acceptors (Lipinski definition) is 3. The molecule has 1 aliphatic heterocycles. The Hall–Kier alpha value is -1.77. The van der Waals surface area contributed by atoms with Crippen molar-refractivity contribution in [2.45, 2.75) is 77.7 Å². The summed E-state index contributed by atoms with van der Waals surface area (Å²) in [7, 11) is 0. The van der Waals surface area contributed by atoms with E-state index in [1.165, 1.54) is 36.8 Å². The molecule has 0 saturated carbocycles. The van der Waals surface area contributed by atoms with E-state index in [4.69, 9.17) is 9.47 Å². The number of carbonyl (C=O) groups is 1. The van der Waals surface area contributed by atoms with Gasteiger partial charge in [-0.25, -0.2) is 0 Å². The first kappa shape index (κ1) is 19.6. The normalized spacial score (nSPS) is 18.5. The lowest BCUT2D eigenvalue weighted by molar-refractivity contribution is -0.143. The Kier molecular flexibility index (Phi) is 7.54. The molecule has 0 amide bonds. The van der Waals surface area contributed by atoms with Crippen LogP contribution in [0.1, 0.15) is 76.3 Å². The van der Waals surface area contributed by atoms with Gasteiger partial charge in [-0.2, -0.15) is 0 Å². The average Bonchev–Trinajstić information content (AvgIpc) is 2.58. The number of unbranched alkanes of at least 4 members (excludes halogenated alkanes) is 5. The van der Waals surface area contributed by atoms with Crippen LogP contribution in [0, 0.1) is 6.92 Å². The number of esters is 1. The molecule has 1 heterocycles. The Morgan fingerprint density at radius 2 is 1.84 bits per heavy atom. The highest BCUT2D eigenvalue weighted by molar-refractivity contribution is 5.69. The highest BCUT2D eigenvalue weighted by Gasteiger charge is 2.26. The highest BCUT2D eigenvalue weighted by Crippen LogP contribution is 2.34. The molecule has 1 aromatic rings. The third-order valence-corrected chi connectivity index (χ3v) is 4.73. The highest BCUT2D eigenvalue weighted by atomic mass is 16.5. The fourth-order valence-electron chi connectivity index (χ4n) is 3.26. The molecular weight excluding hydrogens is 312 g/mol. The fraction of sp³-hybridized carbons (Fsp3) is 0.591. The molecule has 3 nitrogen and oxygen atoms in total. The van der Waals surface area contributed by atoms with Gasteiger partial charge in [0.25, 0.3) is 0 Å². The van der Waals surface area contributed by atoms with Crippen molar-refractivity contribution in [2.24, 2.45) is 0 Å². The minimum atomic E-state index is -0.188. The molecule has 3 heteroatoms. The van der Waals surface area contributed by atoms with E-state index >= 15 is 0 Å². The molecule has 0 aliphatic carbocycles. The van der Waals surface area contributed by atoms with E-state index in [1.807, 2.05) is 6.92 Å². The minimum Gasteiger partial charge on any atom is -0.483 e. The number of benzene rings is 1. The van der Waals surface area contributed by atoms with Gasteiger partial charge in [0.2, 0.25) is 0 Å². The van der Waals surface area contributed by atoms with Gasteiger partial charge >= 0.3 is 5.97 Å². The average molecular weight is 344 g/mol. The second-order valence-electron chi connectivity index (χ2n) is 7.22. The van der Waals surface area contributed by atoms with E-state index in [9.17, 15) is 4.79 Å². The molecule has 0 N–H and O–H groups in total. The summed E-state index contributed by atoms with van der Waals surface area (Å²) in [5, 5.41) is 0. The summed E-state index contributed by atoms with van der Waals surface area (Å²) in [6.45, 7) is 6.61. The number of aryl methyl sites for hydroxylation is 1. The van der Waals surface area contributed by atoms with Crippen LogP contribution in [0.2, 0.25) is 0 Å². The largest absolute Gasteiger partial charge is 0.483 e. The first-order valence-corrected chi connectivity index (χ1v) is 9.67. The molecule has 138 valence electrons. The molecule has 0 saturated heterocycles. The number of ether oxygens (including phenoxy) is 2. The quantitative estimate of drug-likeness (QED) is 0.395. The fourth-order valence-corrected chi connectivity index (χ4v) is 3.26. The molecule has 2 rings (SSSR count). The maximum atomic E-state index is 11.3. The van der Waals surface area contributed by atoms with Crippen molar-refractivity contribution in [3.8, 4) is 5.75 Å². The maximum absolute atomic E-state index is 11.3. The Morgan fingerprint density at radius 3 is 2.60 bits per heavy atom. The molecule has 0 aromatic heterocycles. The van der Waals surface area contributed by atoms with Gasteiger partial charge in [-0.1, -0.05) is 43.4 Å². The van der Waals surface area contributed by atoms with Crippen LogP contribution in [0.3, 0.4) is 0 Å². The standard InChI is InChI=1S/C22H32O3/c1-4-24-21(23)11-9-7-5-6-8-10-15-22(3)16-14-19-17-18(2)12-13-20(19)25-22/h12-14,16-17H,4-11,15H2,1-3H3. The van der Waals surface area contributed by atoms with Gasteiger partial charge in [0.1, 0.15) is 11.4 Å². The van der Waals surface area contributed by atoms with Gasteiger partial charge < -0.3 is 9.47 Å². The molecule has 0 bridgehead atoms. The Morgan fingerprint density at radius 1 is 1.12 bits per heavy atom. The van der Waals surface area contributed by atoms with E-state index < -0.39 is 0 Å². The molecule has 1 aromatic carbocycles. The van der Waals surface area contributed by atoms with E-state index in [-0.39, 0.29) is 11.6 Å². The number of rotatable bonds is 10. The Bertz CT molecular complexity index is 591. The zero-order chi connectivity index (χ0) is 18.1. The van der Waals surface area contributed by atoms with Crippen molar-refractivity contribution in [3.05, 3.63) is 35.4 Å². The SMILES string of the molecule is CCOC(=O)CCCCCCCCC1(C)C=Cc2cc(C)ccc2O1. The molecule has 1 atom stereocenters. The van der Waals surface area contributed by atoms with Crippen LogP contribution in [-0.2, 0) is 9.53 Å². The van der Waals surface area contributed by atoms with Gasteiger partial charge in [-0.15, -0.1) is 0 Å². The van der Waals surface area contributed by atoms with E-state index in [1.54, 1.807) is 0 Å². The summed E-state index contributed by atoms with van der Waals surface area (Å²) >= 11 is 0. The van der Waals surface area contributed by atoms with Crippen molar-refractivity contribution in [3.63, 3.8) is 0 Å². The number of hydrogen-bond donors (Lipinski definition) is 0. The second kappa shape index (κ2) is 9.65. The molecule has 0 fully saturated rings. The zero-order valence-electron chi connectivity index (χ0n) is 16.0. The van der Waals surface area contributed by atoms with Crippen molar-refractivity contribution < 1.29 is 14.3 Å². The van der Waals surface area contributed by atoms with Gasteiger partial charge in [-0.3, -0.25) is 4.79 Å². The summed E-state index contributed by atoms with van der Waals surface area (Å²) in [5.74, 6) is 0.932. The van der Waals surface area contributed by atoms with Crippen LogP contribution >= 0.6 is 0 Å². The summed E-state index contributed by atoms with van der Waals surface area (Å²) in [5.41, 5.74) is 2.25. The molecule has 25 heavy (non-hydrogen) atoms. The van der Waals surface area contributed by atoms with Crippen LogP contribution in [0.25, 0.3) is 6.08 Å². The van der Waals surface area contributed by atoms with Crippen LogP contribution in [0.5, 0.6) is 5.75 Å². The Balaban J connectivity index is 1.59. The summed E-state index contributed by atoms with van der Waals surface area (Å²) in [6, 6.07) is 6.35. The van der Waals surface area contributed by atoms with Crippen LogP contribution in [0.4, 0.5) is 0 Å². The first-order chi connectivity index (χ1) is 12.0. The van der Waals surface area contributed by atoms with Crippen molar-refractivity contribution >= 4 is 12.0 Å². The van der Waals surface area contributed by atoms with E-state index in [0.29, 0.717) is 13.0 Å². The molecule has 0 radical (unpaired) electrons. The minimum absolute atomic E-state index is 0.0628. The third-order valence-electron chi connectivity index (χ3n) is 4.73. The first-order valence-electron chi connectivity index (χ1n) is 9.67. The number of carbonyl (C=O) groups excluding carboxylic acids is 1. The van der Waals surface area contributed by atoms with Crippen LogP contribution < -0.4 is 4.74 Å². The lowest BCUT2D eigenvalue weighted by atomic mass is 9.93. The number of fused-ring (bicyclic) bond motifs is 1.